The highest BCUT2D eigenvalue weighted by molar-refractivity contribution is 5.91. The largest absolute Gasteiger partial charge is 0.493 e. The normalized spacial score (nSPS) is 14.7. The third-order valence-corrected chi connectivity index (χ3v) is 4.70. The fourth-order valence-electron chi connectivity index (χ4n) is 3.07. The van der Waals surface area contributed by atoms with E-state index in [0.717, 1.165) is 37.4 Å². The van der Waals surface area contributed by atoms with E-state index in [-0.39, 0.29) is 12.3 Å². The Kier molecular flexibility index (Phi) is 6.13. The summed E-state index contributed by atoms with van der Waals surface area (Å²) in [7, 11) is 5.29. The number of benzene rings is 1. The van der Waals surface area contributed by atoms with Gasteiger partial charge in [0, 0.05) is 26.2 Å². The minimum absolute atomic E-state index is 0.123. The van der Waals surface area contributed by atoms with Gasteiger partial charge in [0.1, 0.15) is 5.82 Å². The molecular weight excluding hydrogens is 344 g/mol. The number of amides is 1. The lowest BCUT2D eigenvalue weighted by Gasteiger charge is -2.33. The van der Waals surface area contributed by atoms with E-state index in [1.807, 2.05) is 30.5 Å². The average molecular weight is 370 g/mol. The Balaban J connectivity index is 1.58. The molecule has 1 aliphatic heterocycles. The first kappa shape index (κ1) is 19.0. The molecule has 1 N–H and O–H groups in total. The molecule has 7 heteroatoms. The van der Waals surface area contributed by atoms with Crippen molar-refractivity contribution in [3.05, 3.63) is 42.1 Å². The van der Waals surface area contributed by atoms with Gasteiger partial charge in [-0.15, -0.1) is 0 Å². The molecule has 1 saturated heterocycles. The maximum absolute atomic E-state index is 12.3. The number of hydrogen-bond donors (Lipinski definition) is 1. The quantitative estimate of drug-likeness (QED) is 0.839. The predicted octanol–water partition coefficient (Wildman–Crippen LogP) is 2.03. The van der Waals surface area contributed by atoms with Crippen LogP contribution in [-0.2, 0) is 11.2 Å². The van der Waals surface area contributed by atoms with Crippen molar-refractivity contribution in [3.63, 3.8) is 0 Å². The topological polar surface area (TPSA) is 66.9 Å². The second-order valence-corrected chi connectivity index (χ2v) is 6.61. The predicted molar refractivity (Wildman–Crippen MR) is 106 cm³/mol. The van der Waals surface area contributed by atoms with Crippen LogP contribution in [0.4, 0.5) is 11.5 Å². The molecule has 144 valence electrons. The molecule has 2 aromatic rings. The Labute approximate surface area is 159 Å². The van der Waals surface area contributed by atoms with E-state index in [1.54, 1.807) is 20.3 Å². The van der Waals surface area contributed by atoms with Crippen LogP contribution in [0.3, 0.4) is 0 Å². The number of methoxy groups -OCH3 is 2. The van der Waals surface area contributed by atoms with Gasteiger partial charge in [0.15, 0.2) is 11.5 Å². The van der Waals surface area contributed by atoms with E-state index >= 15 is 0 Å². The highest BCUT2D eigenvalue weighted by atomic mass is 16.5. The standard InChI is InChI=1S/C20H26N4O3/c1-23-8-10-24(11-9-23)16-5-7-19(21-14-16)22-20(25)13-15-4-6-17(26-2)18(12-15)27-3/h4-7,12,14H,8-11,13H2,1-3H3,(H,21,22,25). The second kappa shape index (κ2) is 8.73. The molecule has 1 aromatic heterocycles. The van der Waals surface area contributed by atoms with Crippen molar-refractivity contribution in [1.82, 2.24) is 9.88 Å². The number of aromatic nitrogens is 1. The molecule has 1 aliphatic rings. The molecule has 7 nitrogen and oxygen atoms in total. The summed E-state index contributed by atoms with van der Waals surface area (Å²) in [6.45, 7) is 4.07. The van der Waals surface area contributed by atoms with Gasteiger partial charge < -0.3 is 24.6 Å². The van der Waals surface area contributed by atoms with Gasteiger partial charge in [-0.3, -0.25) is 4.79 Å². The molecule has 0 bridgehead atoms. The minimum Gasteiger partial charge on any atom is -0.493 e. The van der Waals surface area contributed by atoms with Gasteiger partial charge in [-0.1, -0.05) is 6.07 Å². The van der Waals surface area contributed by atoms with Crippen molar-refractivity contribution in [3.8, 4) is 11.5 Å². The number of rotatable bonds is 6. The number of nitrogens with one attached hydrogen (secondary N) is 1. The number of ether oxygens (including phenoxy) is 2. The average Bonchev–Trinajstić information content (AvgIpc) is 2.69. The summed E-state index contributed by atoms with van der Waals surface area (Å²) in [5, 5.41) is 2.84. The number of hydrogen-bond acceptors (Lipinski definition) is 6. The number of nitrogens with zero attached hydrogens (tertiary/aromatic N) is 3. The summed E-state index contributed by atoms with van der Waals surface area (Å²) in [5.74, 6) is 1.68. The van der Waals surface area contributed by atoms with E-state index in [9.17, 15) is 4.79 Å². The molecule has 1 amide bonds. The van der Waals surface area contributed by atoms with Crippen molar-refractivity contribution in [2.45, 2.75) is 6.42 Å². The Morgan fingerprint density at radius 1 is 1.07 bits per heavy atom. The fraction of sp³-hybridized carbons (Fsp3) is 0.400. The second-order valence-electron chi connectivity index (χ2n) is 6.61. The SMILES string of the molecule is COc1ccc(CC(=O)Nc2ccc(N3CCN(C)CC3)cn2)cc1OC. The van der Waals surface area contributed by atoms with Crippen molar-refractivity contribution in [2.75, 3.05) is 57.7 Å². The van der Waals surface area contributed by atoms with E-state index in [2.05, 4.69) is 27.1 Å². The fourth-order valence-corrected chi connectivity index (χ4v) is 3.07. The molecule has 0 atom stereocenters. The van der Waals surface area contributed by atoms with Crippen LogP contribution in [0.15, 0.2) is 36.5 Å². The zero-order valence-corrected chi connectivity index (χ0v) is 16.1. The van der Waals surface area contributed by atoms with Crippen molar-refractivity contribution >= 4 is 17.4 Å². The van der Waals surface area contributed by atoms with Crippen molar-refractivity contribution < 1.29 is 14.3 Å². The summed E-state index contributed by atoms with van der Waals surface area (Å²) in [5.41, 5.74) is 1.93. The first-order chi connectivity index (χ1) is 13.1. The van der Waals surface area contributed by atoms with Gasteiger partial charge in [0.2, 0.25) is 5.91 Å². The lowest BCUT2D eigenvalue weighted by molar-refractivity contribution is -0.115. The van der Waals surface area contributed by atoms with Gasteiger partial charge in [-0.25, -0.2) is 4.98 Å². The van der Waals surface area contributed by atoms with Crippen LogP contribution < -0.4 is 19.7 Å². The third-order valence-electron chi connectivity index (χ3n) is 4.70. The van der Waals surface area contributed by atoms with Crippen LogP contribution in [0.5, 0.6) is 11.5 Å². The van der Waals surface area contributed by atoms with Crippen LogP contribution in [0, 0.1) is 0 Å². The summed E-state index contributed by atoms with van der Waals surface area (Å²) in [6, 6.07) is 9.31. The molecule has 3 rings (SSSR count). The maximum atomic E-state index is 12.3. The van der Waals surface area contributed by atoms with Crippen molar-refractivity contribution in [2.24, 2.45) is 0 Å². The van der Waals surface area contributed by atoms with Gasteiger partial charge in [0.25, 0.3) is 0 Å². The molecule has 0 radical (unpaired) electrons. The Bertz CT molecular complexity index is 771. The van der Waals surface area contributed by atoms with Gasteiger partial charge in [0.05, 0.1) is 32.5 Å². The lowest BCUT2D eigenvalue weighted by Crippen LogP contribution is -2.44. The van der Waals surface area contributed by atoms with E-state index in [0.29, 0.717) is 17.3 Å². The smallest absolute Gasteiger partial charge is 0.229 e. The minimum atomic E-state index is -0.123. The number of anilines is 2. The van der Waals surface area contributed by atoms with Crippen LogP contribution in [0.25, 0.3) is 0 Å². The van der Waals surface area contributed by atoms with E-state index in [4.69, 9.17) is 9.47 Å². The number of carbonyl (C=O) groups is 1. The zero-order valence-electron chi connectivity index (χ0n) is 16.1. The number of carbonyl (C=O) groups excluding carboxylic acids is 1. The molecule has 0 saturated carbocycles. The number of piperazine rings is 1. The molecule has 27 heavy (non-hydrogen) atoms. The summed E-state index contributed by atoms with van der Waals surface area (Å²) in [4.78, 5) is 21.3. The molecule has 0 spiro atoms. The van der Waals surface area contributed by atoms with Gasteiger partial charge in [-0.2, -0.15) is 0 Å². The highest BCUT2D eigenvalue weighted by Crippen LogP contribution is 2.27. The Morgan fingerprint density at radius 3 is 2.44 bits per heavy atom. The van der Waals surface area contributed by atoms with Gasteiger partial charge in [-0.05, 0) is 36.9 Å². The highest BCUT2D eigenvalue weighted by Gasteiger charge is 2.15. The third kappa shape index (κ3) is 4.89. The van der Waals surface area contributed by atoms with Crippen LogP contribution in [0.2, 0.25) is 0 Å². The molecule has 2 heterocycles. The summed E-state index contributed by atoms with van der Waals surface area (Å²) < 4.78 is 10.5. The van der Waals surface area contributed by atoms with E-state index < -0.39 is 0 Å². The number of pyridine rings is 1. The summed E-state index contributed by atoms with van der Waals surface area (Å²) in [6.07, 6.45) is 2.06. The Morgan fingerprint density at radius 2 is 1.81 bits per heavy atom. The molecule has 0 unspecified atom stereocenters. The molecule has 1 fully saturated rings. The van der Waals surface area contributed by atoms with Crippen LogP contribution in [-0.4, -0.2) is 63.2 Å². The maximum Gasteiger partial charge on any atom is 0.229 e. The first-order valence-electron chi connectivity index (χ1n) is 8.99. The number of likely N-dealkylation sites (N-methyl/N-ethyl adjacent to an activating group) is 1. The first-order valence-corrected chi connectivity index (χ1v) is 8.99. The van der Waals surface area contributed by atoms with Crippen molar-refractivity contribution in [1.29, 1.82) is 0 Å². The van der Waals surface area contributed by atoms with Crippen LogP contribution in [0.1, 0.15) is 5.56 Å². The molecule has 1 aromatic carbocycles. The molecular formula is C20H26N4O3. The monoisotopic (exact) mass is 370 g/mol. The van der Waals surface area contributed by atoms with E-state index in [1.165, 1.54) is 0 Å². The summed E-state index contributed by atoms with van der Waals surface area (Å²) >= 11 is 0. The zero-order chi connectivity index (χ0) is 19.2. The lowest BCUT2D eigenvalue weighted by atomic mass is 10.1. The molecule has 0 aliphatic carbocycles. The van der Waals surface area contributed by atoms with Crippen LogP contribution >= 0.6 is 0 Å². The Hall–Kier alpha value is -2.80. The van der Waals surface area contributed by atoms with Gasteiger partial charge >= 0.3 is 0 Å².